The quantitative estimate of drug-likeness (QED) is 0.381. The summed E-state index contributed by atoms with van der Waals surface area (Å²) in [6.45, 7) is 5.43. The fourth-order valence-corrected chi connectivity index (χ4v) is 5.16. The molecular formula is C27H27N9O3. The Morgan fingerprint density at radius 1 is 1.21 bits per heavy atom. The molecule has 2 N–H and O–H groups in total. The highest BCUT2D eigenvalue weighted by Crippen LogP contribution is 2.42. The van der Waals surface area contributed by atoms with Gasteiger partial charge in [0, 0.05) is 24.6 Å². The molecule has 0 radical (unpaired) electrons. The highest BCUT2D eigenvalue weighted by Gasteiger charge is 2.41. The number of H-pyrrole nitrogens is 1. The Hall–Kier alpha value is -4.76. The lowest BCUT2D eigenvalue weighted by Gasteiger charge is -2.45. The van der Waals surface area contributed by atoms with E-state index in [-0.39, 0.29) is 11.9 Å². The van der Waals surface area contributed by atoms with Gasteiger partial charge in [-0.2, -0.15) is 15.3 Å². The molecule has 0 aliphatic carbocycles. The molecule has 5 heterocycles. The number of fused-ring (bicyclic) bond motifs is 2. The second kappa shape index (κ2) is 10.2. The molecule has 0 spiro atoms. The van der Waals surface area contributed by atoms with Crippen LogP contribution in [0.3, 0.4) is 0 Å². The monoisotopic (exact) mass is 525 g/mol. The number of hydrogen-bond acceptors (Lipinski definition) is 10. The summed E-state index contributed by atoms with van der Waals surface area (Å²) in [6.07, 6.45) is 6.60. The predicted molar refractivity (Wildman–Crippen MR) is 144 cm³/mol. The number of amides is 1. The Morgan fingerprint density at radius 3 is 2.85 bits per heavy atom. The van der Waals surface area contributed by atoms with Crippen LogP contribution in [0.2, 0.25) is 0 Å². The third-order valence-electron chi connectivity index (χ3n) is 7.00. The van der Waals surface area contributed by atoms with E-state index in [1.807, 2.05) is 19.9 Å². The summed E-state index contributed by atoms with van der Waals surface area (Å²) in [4.78, 5) is 31.4. The number of pyridine rings is 1. The highest BCUT2D eigenvalue weighted by molar-refractivity contribution is 6.10. The van der Waals surface area contributed by atoms with Crippen molar-refractivity contribution in [3.8, 4) is 11.8 Å². The summed E-state index contributed by atoms with van der Waals surface area (Å²) in [7, 11) is 0. The lowest BCUT2D eigenvalue weighted by Crippen LogP contribution is -2.56. The molecular weight excluding hydrogens is 498 g/mol. The lowest BCUT2D eigenvalue weighted by atomic mass is 10.0. The first-order valence-electron chi connectivity index (χ1n) is 12.9. The molecule has 1 amide bonds. The summed E-state index contributed by atoms with van der Waals surface area (Å²) >= 11 is 0. The van der Waals surface area contributed by atoms with Crippen LogP contribution < -0.4 is 19.9 Å². The van der Waals surface area contributed by atoms with Crippen molar-refractivity contribution in [1.82, 2.24) is 25.1 Å². The number of nitriles is 1. The van der Waals surface area contributed by atoms with E-state index < -0.39 is 6.04 Å². The lowest BCUT2D eigenvalue weighted by molar-refractivity contribution is -0.119. The van der Waals surface area contributed by atoms with Gasteiger partial charge in [-0.05, 0) is 51.0 Å². The van der Waals surface area contributed by atoms with Crippen LogP contribution in [-0.2, 0) is 9.53 Å². The Morgan fingerprint density at radius 2 is 2.05 bits per heavy atom. The second-order valence-corrected chi connectivity index (χ2v) is 9.39. The van der Waals surface area contributed by atoms with Crippen molar-refractivity contribution in [1.29, 1.82) is 5.26 Å². The molecule has 39 heavy (non-hydrogen) atoms. The Bertz CT molecular complexity index is 1570. The first kappa shape index (κ1) is 24.6. The number of hydrogen-bond donors (Lipinski definition) is 2. The van der Waals surface area contributed by atoms with E-state index in [0.717, 1.165) is 18.2 Å². The van der Waals surface area contributed by atoms with Gasteiger partial charge in [0.2, 0.25) is 5.95 Å². The molecule has 6 rings (SSSR count). The number of nitrogens with zero attached hydrogens (tertiary/aromatic N) is 7. The van der Waals surface area contributed by atoms with Gasteiger partial charge in [-0.3, -0.25) is 14.8 Å². The van der Waals surface area contributed by atoms with E-state index in [2.05, 4.69) is 36.5 Å². The van der Waals surface area contributed by atoms with Crippen LogP contribution in [0.25, 0.3) is 11.0 Å². The van der Waals surface area contributed by atoms with E-state index in [1.54, 1.807) is 41.7 Å². The molecule has 0 unspecified atom stereocenters. The summed E-state index contributed by atoms with van der Waals surface area (Å²) in [6, 6.07) is 8.84. The van der Waals surface area contributed by atoms with Gasteiger partial charge in [0.15, 0.2) is 11.5 Å². The minimum Gasteiger partial charge on any atom is -0.492 e. The molecule has 1 saturated heterocycles. The van der Waals surface area contributed by atoms with Crippen molar-refractivity contribution in [3.05, 3.63) is 48.4 Å². The number of carbonyl (C=O) groups is 1. The van der Waals surface area contributed by atoms with Gasteiger partial charge in [0.25, 0.3) is 5.91 Å². The molecule has 0 saturated carbocycles. The molecule has 1 atom stereocenters. The molecule has 1 aromatic carbocycles. The zero-order valence-electron chi connectivity index (χ0n) is 21.6. The first-order valence-corrected chi connectivity index (χ1v) is 12.9. The van der Waals surface area contributed by atoms with Gasteiger partial charge in [0.05, 0.1) is 42.1 Å². The van der Waals surface area contributed by atoms with Crippen LogP contribution in [0.15, 0.2) is 42.9 Å². The Balaban J connectivity index is 1.43. The molecule has 4 aromatic rings. The molecule has 2 aliphatic heterocycles. The van der Waals surface area contributed by atoms with Crippen molar-refractivity contribution in [2.75, 3.05) is 34.9 Å². The van der Waals surface area contributed by atoms with E-state index in [1.165, 1.54) is 0 Å². The average Bonchev–Trinajstić information content (AvgIpc) is 3.43. The van der Waals surface area contributed by atoms with Crippen molar-refractivity contribution in [2.45, 2.75) is 38.8 Å². The molecule has 1 fully saturated rings. The van der Waals surface area contributed by atoms with Crippen molar-refractivity contribution in [2.24, 2.45) is 0 Å². The summed E-state index contributed by atoms with van der Waals surface area (Å²) in [5.41, 5.74) is 2.85. The first-order chi connectivity index (χ1) is 19.1. The number of aromatic nitrogens is 5. The normalized spacial score (nSPS) is 17.7. The number of nitrogens with one attached hydrogen (secondary N) is 2. The summed E-state index contributed by atoms with van der Waals surface area (Å²) < 4.78 is 11.2. The van der Waals surface area contributed by atoms with Crippen LogP contribution in [0.4, 0.5) is 28.8 Å². The zero-order chi connectivity index (χ0) is 26.9. The minimum atomic E-state index is -0.496. The number of benzene rings is 1. The number of anilines is 5. The fourth-order valence-electron chi connectivity index (χ4n) is 5.16. The van der Waals surface area contributed by atoms with Gasteiger partial charge >= 0.3 is 0 Å². The average molecular weight is 526 g/mol. The molecule has 3 aromatic heterocycles. The van der Waals surface area contributed by atoms with E-state index in [9.17, 15) is 10.1 Å². The van der Waals surface area contributed by atoms with Crippen LogP contribution in [0.5, 0.6) is 5.75 Å². The van der Waals surface area contributed by atoms with E-state index in [0.29, 0.717) is 65.6 Å². The van der Waals surface area contributed by atoms with Crippen LogP contribution in [0, 0.1) is 11.3 Å². The largest absolute Gasteiger partial charge is 0.492 e. The van der Waals surface area contributed by atoms with Gasteiger partial charge in [-0.1, -0.05) is 0 Å². The minimum absolute atomic E-state index is 0.0836. The van der Waals surface area contributed by atoms with E-state index >= 15 is 0 Å². The Labute approximate surface area is 224 Å². The molecule has 0 bridgehead atoms. The second-order valence-electron chi connectivity index (χ2n) is 9.39. The van der Waals surface area contributed by atoms with Gasteiger partial charge in [-0.15, -0.1) is 0 Å². The summed E-state index contributed by atoms with van der Waals surface area (Å²) in [5, 5.41) is 20.7. The molecule has 12 heteroatoms. The topological polar surface area (TPSA) is 145 Å². The standard InChI is InChI=1S/C27H27N9O3/c1-3-39-23-5-4-21(11-17(23)12-28)36-22-15-30-27(32-19-10-18-13-31-34-24(18)29-14-19)33-25(22)35(16(2)26(36)37)20-6-8-38-9-7-20/h4-5,10-11,13-16,20H,3,6-9H2,1-2H3,(H,29,31,34)(H,30,32,33)/t16-/m1/s1. The Kier molecular flexibility index (Phi) is 6.42. The number of ether oxygens (including phenoxy) is 2. The summed E-state index contributed by atoms with van der Waals surface area (Å²) in [5.74, 6) is 1.36. The van der Waals surface area contributed by atoms with E-state index in [4.69, 9.17) is 14.5 Å². The molecule has 12 nitrogen and oxygen atoms in total. The molecule has 198 valence electrons. The van der Waals surface area contributed by atoms with Crippen molar-refractivity contribution >= 4 is 45.8 Å². The van der Waals surface area contributed by atoms with Gasteiger partial charge < -0.3 is 19.7 Å². The van der Waals surface area contributed by atoms with Crippen molar-refractivity contribution < 1.29 is 14.3 Å². The fraction of sp³-hybridized carbons (Fsp3) is 0.333. The maximum Gasteiger partial charge on any atom is 0.254 e. The number of rotatable bonds is 6. The van der Waals surface area contributed by atoms with Gasteiger partial charge in [-0.25, -0.2) is 9.97 Å². The third-order valence-corrected chi connectivity index (χ3v) is 7.00. The van der Waals surface area contributed by atoms with Crippen LogP contribution in [0.1, 0.15) is 32.3 Å². The van der Waals surface area contributed by atoms with Crippen molar-refractivity contribution in [3.63, 3.8) is 0 Å². The van der Waals surface area contributed by atoms with Crippen LogP contribution in [-0.4, -0.2) is 63.0 Å². The molecule has 2 aliphatic rings. The number of carbonyl (C=O) groups excluding carboxylic acids is 1. The third kappa shape index (κ3) is 4.46. The van der Waals surface area contributed by atoms with Gasteiger partial charge in [0.1, 0.15) is 23.5 Å². The SMILES string of the molecule is CCOc1ccc(N2C(=O)[C@@H](C)N(C3CCOCC3)c3nc(Nc4cnc5[nH]ncc5c4)ncc32)cc1C#N. The van der Waals surface area contributed by atoms with Crippen LogP contribution >= 0.6 is 0 Å². The maximum atomic E-state index is 13.9. The smallest absolute Gasteiger partial charge is 0.254 e. The maximum absolute atomic E-state index is 13.9. The number of aromatic amines is 1. The highest BCUT2D eigenvalue weighted by atomic mass is 16.5. The zero-order valence-corrected chi connectivity index (χ0v) is 21.6. The predicted octanol–water partition coefficient (Wildman–Crippen LogP) is 3.81.